The molecule has 0 aromatic carbocycles. The molecule has 6 heteroatoms. The van der Waals surface area contributed by atoms with E-state index in [4.69, 9.17) is 5.26 Å². The predicted octanol–water partition coefficient (Wildman–Crippen LogP) is 2.56. The zero-order valence-electron chi connectivity index (χ0n) is 10.9. The quantitative estimate of drug-likeness (QED) is 0.865. The summed E-state index contributed by atoms with van der Waals surface area (Å²) in [7, 11) is 0. The minimum atomic E-state index is -1.32. The van der Waals surface area contributed by atoms with Crippen molar-refractivity contribution in [1.82, 2.24) is 10.3 Å². The smallest absolute Gasteiger partial charge is 0.255 e. The molecule has 1 aromatic rings. The Morgan fingerprint density at radius 2 is 2.10 bits per heavy atom. The van der Waals surface area contributed by atoms with Crippen LogP contribution in [0.4, 0.5) is 8.78 Å². The van der Waals surface area contributed by atoms with Gasteiger partial charge in [-0.3, -0.25) is 4.79 Å². The van der Waals surface area contributed by atoms with E-state index in [1.165, 1.54) is 0 Å². The van der Waals surface area contributed by atoms with E-state index in [2.05, 4.69) is 10.3 Å². The molecule has 0 aliphatic heterocycles. The van der Waals surface area contributed by atoms with E-state index >= 15 is 0 Å². The van der Waals surface area contributed by atoms with Crippen molar-refractivity contribution in [2.45, 2.75) is 38.1 Å². The van der Waals surface area contributed by atoms with Gasteiger partial charge in [-0.2, -0.15) is 9.65 Å². The van der Waals surface area contributed by atoms with Crippen molar-refractivity contribution in [2.75, 3.05) is 0 Å². The van der Waals surface area contributed by atoms with E-state index in [1.54, 1.807) is 0 Å². The number of nitriles is 1. The summed E-state index contributed by atoms with van der Waals surface area (Å²) >= 11 is 0. The summed E-state index contributed by atoms with van der Waals surface area (Å²) in [6.07, 6.45) is 5.94. The first-order chi connectivity index (χ1) is 9.63. The summed E-state index contributed by atoms with van der Waals surface area (Å²) in [6, 6.07) is 2.47. The molecule has 1 unspecified atom stereocenters. The molecule has 1 saturated carbocycles. The van der Waals surface area contributed by atoms with Crippen molar-refractivity contribution in [3.8, 4) is 6.07 Å². The Kier molecular flexibility index (Phi) is 4.61. The summed E-state index contributed by atoms with van der Waals surface area (Å²) in [6.45, 7) is 0. The van der Waals surface area contributed by atoms with Gasteiger partial charge in [0.2, 0.25) is 5.95 Å². The van der Waals surface area contributed by atoms with Crippen LogP contribution in [0.5, 0.6) is 0 Å². The fourth-order valence-corrected chi connectivity index (χ4v) is 2.54. The van der Waals surface area contributed by atoms with Crippen LogP contribution in [0, 0.1) is 29.0 Å². The number of halogens is 2. The summed E-state index contributed by atoms with van der Waals surface area (Å²) in [5.41, 5.74) is -0.423. The SMILES string of the molecule is N#CC(NC(=O)c1ccnc(F)c1F)C1CCCCC1. The van der Waals surface area contributed by atoms with Gasteiger partial charge < -0.3 is 5.32 Å². The predicted molar refractivity (Wildman–Crippen MR) is 67.6 cm³/mol. The van der Waals surface area contributed by atoms with Crippen LogP contribution in [0.2, 0.25) is 0 Å². The maximum absolute atomic E-state index is 13.5. The van der Waals surface area contributed by atoms with E-state index in [0.717, 1.165) is 44.4 Å². The molecule has 20 heavy (non-hydrogen) atoms. The molecule has 0 spiro atoms. The number of carbonyl (C=O) groups is 1. The van der Waals surface area contributed by atoms with Gasteiger partial charge in [-0.05, 0) is 24.8 Å². The summed E-state index contributed by atoms with van der Waals surface area (Å²) < 4.78 is 26.4. The highest BCUT2D eigenvalue weighted by atomic mass is 19.2. The van der Waals surface area contributed by atoms with Gasteiger partial charge in [0.1, 0.15) is 6.04 Å². The minimum absolute atomic E-state index is 0.0763. The zero-order valence-corrected chi connectivity index (χ0v) is 10.9. The van der Waals surface area contributed by atoms with Crippen molar-refractivity contribution in [3.05, 3.63) is 29.6 Å². The lowest BCUT2D eigenvalue weighted by Crippen LogP contribution is -2.40. The molecule has 1 amide bonds. The molecule has 0 saturated heterocycles. The maximum atomic E-state index is 13.5. The number of amides is 1. The average Bonchev–Trinajstić information content (AvgIpc) is 2.48. The van der Waals surface area contributed by atoms with Gasteiger partial charge in [-0.1, -0.05) is 19.3 Å². The van der Waals surface area contributed by atoms with Crippen molar-refractivity contribution < 1.29 is 13.6 Å². The molecule has 4 nitrogen and oxygen atoms in total. The number of carbonyl (C=O) groups excluding carboxylic acids is 1. The number of pyridine rings is 1. The number of hydrogen-bond acceptors (Lipinski definition) is 3. The zero-order chi connectivity index (χ0) is 14.5. The Labute approximate surface area is 115 Å². The van der Waals surface area contributed by atoms with Crippen LogP contribution in [0.3, 0.4) is 0 Å². The highest BCUT2D eigenvalue weighted by Gasteiger charge is 2.26. The Bertz CT molecular complexity index is 536. The van der Waals surface area contributed by atoms with Crippen molar-refractivity contribution in [3.63, 3.8) is 0 Å². The van der Waals surface area contributed by atoms with Gasteiger partial charge in [-0.25, -0.2) is 9.37 Å². The second kappa shape index (κ2) is 6.42. The molecule has 1 aromatic heterocycles. The van der Waals surface area contributed by atoms with Crippen LogP contribution in [0.25, 0.3) is 0 Å². The van der Waals surface area contributed by atoms with Gasteiger partial charge in [0.05, 0.1) is 11.6 Å². The molecule has 2 rings (SSSR count). The first-order valence-electron chi connectivity index (χ1n) is 6.64. The first-order valence-corrected chi connectivity index (χ1v) is 6.64. The Hall–Kier alpha value is -2.03. The second-order valence-corrected chi connectivity index (χ2v) is 4.94. The lowest BCUT2D eigenvalue weighted by molar-refractivity contribution is 0.0923. The van der Waals surface area contributed by atoms with E-state index in [-0.39, 0.29) is 5.92 Å². The topological polar surface area (TPSA) is 65.8 Å². The fourth-order valence-electron chi connectivity index (χ4n) is 2.54. The fraction of sp³-hybridized carbons (Fsp3) is 0.500. The Morgan fingerprint density at radius 1 is 1.40 bits per heavy atom. The minimum Gasteiger partial charge on any atom is -0.336 e. The highest BCUT2D eigenvalue weighted by molar-refractivity contribution is 5.94. The average molecular weight is 279 g/mol. The van der Waals surface area contributed by atoms with Gasteiger partial charge in [-0.15, -0.1) is 0 Å². The molecule has 1 N–H and O–H groups in total. The van der Waals surface area contributed by atoms with E-state index < -0.39 is 29.3 Å². The Balaban J connectivity index is 2.09. The number of nitrogens with one attached hydrogen (secondary N) is 1. The van der Waals surface area contributed by atoms with E-state index in [9.17, 15) is 13.6 Å². The third-order valence-electron chi connectivity index (χ3n) is 3.64. The monoisotopic (exact) mass is 279 g/mol. The standard InChI is InChI=1S/C14H15F2N3O/c15-12-10(6-7-18-13(12)16)14(20)19-11(8-17)9-4-2-1-3-5-9/h6-7,9,11H,1-5H2,(H,19,20). The molecule has 1 heterocycles. The lowest BCUT2D eigenvalue weighted by atomic mass is 9.84. The van der Waals surface area contributed by atoms with Crippen molar-refractivity contribution >= 4 is 5.91 Å². The summed E-state index contributed by atoms with van der Waals surface area (Å²) in [5.74, 6) is -3.30. The largest absolute Gasteiger partial charge is 0.336 e. The van der Waals surface area contributed by atoms with Gasteiger partial charge in [0.25, 0.3) is 5.91 Å². The normalized spacial score (nSPS) is 17.2. The van der Waals surface area contributed by atoms with Gasteiger partial charge in [0.15, 0.2) is 5.82 Å². The molecule has 106 valence electrons. The van der Waals surface area contributed by atoms with Crippen LogP contribution in [-0.4, -0.2) is 16.9 Å². The maximum Gasteiger partial charge on any atom is 0.255 e. The number of rotatable bonds is 3. The van der Waals surface area contributed by atoms with Crippen molar-refractivity contribution in [1.29, 1.82) is 5.26 Å². The summed E-state index contributed by atoms with van der Waals surface area (Å²) in [4.78, 5) is 15.1. The van der Waals surface area contributed by atoms with Crippen LogP contribution in [-0.2, 0) is 0 Å². The highest BCUT2D eigenvalue weighted by Crippen LogP contribution is 2.26. The molecule has 0 radical (unpaired) electrons. The second-order valence-electron chi connectivity index (χ2n) is 4.94. The molecule has 0 bridgehead atoms. The van der Waals surface area contributed by atoms with E-state index in [1.807, 2.05) is 6.07 Å². The van der Waals surface area contributed by atoms with Crippen LogP contribution in [0.1, 0.15) is 42.5 Å². The third kappa shape index (κ3) is 3.10. The molecular weight excluding hydrogens is 264 g/mol. The van der Waals surface area contributed by atoms with Crippen LogP contribution < -0.4 is 5.32 Å². The summed E-state index contributed by atoms with van der Waals surface area (Å²) in [5, 5.41) is 11.6. The molecule has 1 aliphatic rings. The lowest BCUT2D eigenvalue weighted by Gasteiger charge is -2.26. The molecule has 1 aliphatic carbocycles. The first kappa shape index (κ1) is 14.4. The Morgan fingerprint density at radius 3 is 2.75 bits per heavy atom. The van der Waals surface area contributed by atoms with Crippen molar-refractivity contribution in [2.24, 2.45) is 5.92 Å². The van der Waals surface area contributed by atoms with Crippen LogP contribution in [0.15, 0.2) is 12.3 Å². The molecule has 1 atom stereocenters. The van der Waals surface area contributed by atoms with Gasteiger partial charge >= 0.3 is 0 Å². The molecular formula is C14H15F2N3O. The number of nitrogens with zero attached hydrogens (tertiary/aromatic N) is 2. The van der Waals surface area contributed by atoms with Crippen LogP contribution >= 0.6 is 0 Å². The molecule has 1 fully saturated rings. The third-order valence-corrected chi connectivity index (χ3v) is 3.64. The van der Waals surface area contributed by atoms with E-state index in [0.29, 0.717) is 0 Å². The number of hydrogen-bond donors (Lipinski definition) is 1. The van der Waals surface area contributed by atoms with Gasteiger partial charge in [0, 0.05) is 6.20 Å². The number of aromatic nitrogens is 1.